The quantitative estimate of drug-likeness (QED) is 0.102. The third-order valence-corrected chi connectivity index (χ3v) is 18.0. The van der Waals surface area contributed by atoms with E-state index in [2.05, 4.69) is 122 Å². The van der Waals surface area contributed by atoms with Crippen molar-refractivity contribution in [2.45, 2.75) is 38.6 Å². The molecule has 3 aliphatic rings. The number of hydrogen-bond donors (Lipinski definition) is 2. The van der Waals surface area contributed by atoms with Gasteiger partial charge in [0.1, 0.15) is 16.9 Å². The fourth-order valence-electron chi connectivity index (χ4n) is 12.7. The van der Waals surface area contributed by atoms with E-state index >= 15 is 0 Å². The molecule has 0 fully saturated rings. The van der Waals surface area contributed by atoms with Crippen molar-refractivity contribution in [1.29, 1.82) is 5.41 Å². The van der Waals surface area contributed by atoms with Crippen LogP contribution in [0.5, 0.6) is 0 Å². The lowest BCUT2D eigenvalue weighted by Crippen LogP contribution is -2.43. The van der Waals surface area contributed by atoms with Gasteiger partial charge in [0.05, 0.1) is 17.1 Å². The number of allylic oxidation sites excluding steroid dienone is 4. The lowest BCUT2D eigenvalue weighted by atomic mass is 9.96. The highest BCUT2D eigenvalue weighted by Crippen LogP contribution is 2.49. The molecule has 0 amide bonds. The number of furan rings is 1. The molecule has 17 heteroatoms. The normalized spacial score (nSPS) is 15.4. The molecule has 416 valence electrons. The number of nitrogens with one attached hydrogen (secondary N) is 1. The van der Waals surface area contributed by atoms with Crippen LogP contribution in [0.4, 0.5) is 11.4 Å². The van der Waals surface area contributed by atoms with Crippen molar-refractivity contribution in [3.63, 3.8) is 0 Å². The van der Waals surface area contributed by atoms with E-state index in [0.717, 1.165) is 138 Å². The Morgan fingerprint density at radius 1 is 0.655 bits per heavy atom. The molecule has 10 heterocycles. The first kappa shape index (κ1) is 50.2. The predicted octanol–water partition coefficient (Wildman–Crippen LogP) is 14.8. The SMILES string of the molecule is Cc1cc(N2c3cc(C(=[NH2+])OC(=N)c4ccccc4)ncc3C3C=NC=CC32)cc2c1oc1c(C)cc(-n3c4ccncc4c4cc(-c5cc6c(cc5-c5nnc(-c7ccccc7)o5)sc5cc(-c7nnc(C8=CC=CCC8)o7)ncc56)ccc43)cc12. The van der Waals surface area contributed by atoms with Gasteiger partial charge in [0, 0.05) is 130 Å². The Hall–Kier alpha value is -11.3. The fourth-order valence-corrected chi connectivity index (χ4v) is 13.9. The summed E-state index contributed by atoms with van der Waals surface area (Å²) in [7, 11) is 0. The van der Waals surface area contributed by atoms with E-state index in [0.29, 0.717) is 40.5 Å². The third kappa shape index (κ3) is 8.18. The van der Waals surface area contributed by atoms with Gasteiger partial charge in [-0.05, 0) is 146 Å². The number of anilines is 2. The van der Waals surface area contributed by atoms with Gasteiger partial charge in [-0.2, -0.15) is 0 Å². The third-order valence-electron chi connectivity index (χ3n) is 16.8. The van der Waals surface area contributed by atoms with Crippen LogP contribution in [0.1, 0.15) is 52.6 Å². The van der Waals surface area contributed by atoms with Gasteiger partial charge in [0.15, 0.2) is 5.69 Å². The van der Waals surface area contributed by atoms with E-state index in [9.17, 15) is 0 Å². The maximum Gasteiger partial charge on any atom is 0.392 e. The maximum atomic E-state index is 8.64. The second-order valence-electron chi connectivity index (χ2n) is 22.1. The number of aryl methyl sites for hydroxylation is 2. The summed E-state index contributed by atoms with van der Waals surface area (Å²) in [5.74, 6) is 1.64. The lowest BCUT2D eigenvalue weighted by molar-refractivity contribution is -0.131. The van der Waals surface area contributed by atoms with Crippen LogP contribution in [0.25, 0.3) is 121 Å². The fraction of sp³-hybridized carbons (Fsp3) is 0.0857. The molecule has 16 nitrogen and oxygen atoms in total. The summed E-state index contributed by atoms with van der Waals surface area (Å²) in [4.78, 5) is 21.2. The Labute approximate surface area is 498 Å². The van der Waals surface area contributed by atoms with E-state index in [1.807, 2.05) is 122 Å². The van der Waals surface area contributed by atoms with Gasteiger partial charge in [0.2, 0.25) is 23.6 Å². The average Bonchev–Trinajstić information content (AvgIpc) is 1.74. The smallest absolute Gasteiger partial charge is 0.392 e. The van der Waals surface area contributed by atoms with Crippen molar-refractivity contribution >= 4 is 110 Å². The molecule has 6 aromatic carbocycles. The molecule has 2 unspecified atom stereocenters. The van der Waals surface area contributed by atoms with Gasteiger partial charge in [-0.25, -0.2) is 10.4 Å². The molecule has 2 aliphatic heterocycles. The second kappa shape index (κ2) is 19.6. The van der Waals surface area contributed by atoms with E-state index in [1.165, 1.54) is 0 Å². The maximum absolute atomic E-state index is 8.64. The van der Waals surface area contributed by atoms with Crippen LogP contribution in [-0.4, -0.2) is 64.0 Å². The van der Waals surface area contributed by atoms with Gasteiger partial charge >= 0.3 is 5.90 Å². The zero-order chi connectivity index (χ0) is 58.0. The van der Waals surface area contributed by atoms with Crippen LogP contribution in [0, 0.1) is 19.3 Å². The minimum atomic E-state index is -0.0887. The second-order valence-corrected chi connectivity index (χ2v) is 23.2. The van der Waals surface area contributed by atoms with Crippen molar-refractivity contribution in [3.05, 3.63) is 223 Å². The summed E-state index contributed by atoms with van der Waals surface area (Å²) < 4.78 is 29.9. The van der Waals surface area contributed by atoms with Gasteiger partial charge in [-0.3, -0.25) is 20.4 Å². The highest BCUT2D eigenvalue weighted by Gasteiger charge is 2.40. The molecule has 0 saturated carbocycles. The molecule has 0 spiro atoms. The number of rotatable bonds is 9. The molecule has 3 N–H and O–H groups in total. The van der Waals surface area contributed by atoms with Gasteiger partial charge in [-0.15, -0.1) is 31.7 Å². The van der Waals surface area contributed by atoms with Crippen molar-refractivity contribution < 1.29 is 23.4 Å². The van der Waals surface area contributed by atoms with Gasteiger partial charge < -0.3 is 27.5 Å². The molecule has 0 radical (unpaired) electrons. The molecule has 0 bridgehead atoms. The molecule has 0 saturated heterocycles. The topological polar surface area (TPSA) is 209 Å². The van der Waals surface area contributed by atoms with Crippen LogP contribution in [-0.2, 0) is 4.74 Å². The van der Waals surface area contributed by atoms with Crippen LogP contribution >= 0.6 is 11.3 Å². The number of nitrogens with two attached hydrogens (primary N) is 1. The van der Waals surface area contributed by atoms with Crippen LogP contribution in [0.2, 0.25) is 0 Å². The Kier molecular flexibility index (Phi) is 11.3. The Morgan fingerprint density at radius 3 is 2.25 bits per heavy atom. The summed E-state index contributed by atoms with van der Waals surface area (Å²) in [6, 6.07) is 44.9. The van der Waals surface area contributed by atoms with E-state index in [-0.39, 0.29) is 23.8 Å². The van der Waals surface area contributed by atoms with E-state index < -0.39 is 0 Å². The van der Waals surface area contributed by atoms with Crippen LogP contribution < -0.4 is 10.3 Å². The zero-order valence-corrected chi connectivity index (χ0v) is 47.5. The van der Waals surface area contributed by atoms with Crippen molar-refractivity contribution in [2.24, 2.45) is 4.99 Å². The molecule has 1 aliphatic carbocycles. The first-order valence-electron chi connectivity index (χ1n) is 28.5. The van der Waals surface area contributed by atoms with Crippen molar-refractivity contribution in [1.82, 2.24) is 39.9 Å². The highest BCUT2D eigenvalue weighted by molar-refractivity contribution is 7.25. The molecular weight excluding hydrogens is 1100 g/mol. The number of aromatic nitrogens is 8. The average molecular weight is 1150 g/mol. The molecule has 17 rings (SSSR count). The predicted molar refractivity (Wildman–Crippen MR) is 341 cm³/mol. The van der Waals surface area contributed by atoms with E-state index in [4.69, 9.17) is 43.8 Å². The van der Waals surface area contributed by atoms with Gasteiger partial charge in [-0.1, -0.05) is 60.7 Å². The van der Waals surface area contributed by atoms with Gasteiger partial charge in [0.25, 0.3) is 5.89 Å². The number of nitrogens with zero attached hydrogens (tertiary/aromatic N) is 10. The summed E-state index contributed by atoms with van der Waals surface area (Å²) in [6.45, 7) is 4.21. The number of hydrogen-bond acceptors (Lipinski definition) is 15. The first-order valence-corrected chi connectivity index (χ1v) is 29.3. The number of pyridine rings is 3. The molecule has 8 aromatic heterocycles. The zero-order valence-electron chi connectivity index (χ0n) is 46.6. The molecular formula is C70H47N12O4S+. The summed E-state index contributed by atoms with van der Waals surface area (Å²) in [5, 5.41) is 39.3. The van der Waals surface area contributed by atoms with Crippen LogP contribution in [0.3, 0.4) is 0 Å². The number of benzene rings is 6. The molecule has 14 aromatic rings. The monoisotopic (exact) mass is 1150 g/mol. The largest absolute Gasteiger partial charge is 0.456 e. The number of fused-ring (bicyclic) bond motifs is 12. The number of ether oxygens (including phenoxy) is 1. The van der Waals surface area contributed by atoms with Crippen molar-refractivity contribution in [3.8, 4) is 51.3 Å². The Balaban J connectivity index is 0.781. The lowest BCUT2D eigenvalue weighted by Gasteiger charge is -2.28. The summed E-state index contributed by atoms with van der Waals surface area (Å²) in [6.07, 6.45) is 21.5. The van der Waals surface area contributed by atoms with Crippen molar-refractivity contribution in [2.75, 3.05) is 4.90 Å². The summed E-state index contributed by atoms with van der Waals surface area (Å²) in [5.41, 5.74) is 15.7. The minimum Gasteiger partial charge on any atom is -0.456 e. The Morgan fingerprint density at radius 2 is 1.41 bits per heavy atom. The molecule has 2 atom stereocenters. The highest BCUT2D eigenvalue weighted by atomic mass is 32.1. The Bertz CT molecular complexity index is 5380. The molecule has 87 heavy (non-hydrogen) atoms. The minimum absolute atomic E-state index is 0.0351. The number of aliphatic imine (C=N–C) groups is 1. The first-order chi connectivity index (χ1) is 42.7. The summed E-state index contributed by atoms with van der Waals surface area (Å²) >= 11 is 1.66. The van der Waals surface area contributed by atoms with E-state index in [1.54, 1.807) is 11.3 Å². The van der Waals surface area contributed by atoms with Crippen LogP contribution in [0.15, 0.2) is 207 Å². The number of thiophene rings is 1. The standard InChI is InChI=1S/C70H46N12O4S/c1-37-24-43(27-48-49-28-44(25-38(2)64(49)83-63(37)48)82-59-21-23-74-34-52(59)53-35-75-55(31-60(53)82)66(72)84-65(71)39-12-6-3-7-13-39)81-57-19-18-42(26-46(57)51-33-73-22-20-58(51)81)45-29-47-54-36-76-56(70-80-78-68(86-70)41-16-10-5-11-17-41)32-62(54)87-61(47)30-50(45)69-79-77-67(85-69)40-14-8-4-9-15-40/h3-10,12-16,18-36,52,59,71-72H,11,17H2,1-2H3/p+1.